The highest BCUT2D eigenvalue weighted by Crippen LogP contribution is 2.52. The highest BCUT2D eigenvalue weighted by atomic mass is 31.2. The third-order valence-electron chi connectivity index (χ3n) is 2.60. The van der Waals surface area contributed by atoms with Gasteiger partial charge >= 0.3 is 0 Å². The Morgan fingerprint density at radius 1 is 0.750 bits per heavy atom. The number of hydrogen-bond acceptors (Lipinski definition) is 1. The molecule has 0 saturated heterocycles. The third-order valence-corrected chi connectivity index (χ3v) is 4.74. The lowest BCUT2D eigenvalue weighted by atomic mass is 10.3. The summed E-state index contributed by atoms with van der Waals surface area (Å²) in [5, 5.41) is 6.94. The van der Waals surface area contributed by atoms with Crippen molar-refractivity contribution in [1.29, 1.82) is 0 Å². The van der Waals surface area contributed by atoms with Gasteiger partial charge in [-0.1, -0.05) is 30.3 Å². The van der Waals surface area contributed by atoms with Gasteiger partial charge in [-0.2, -0.15) is 0 Å². The molecule has 16 heavy (non-hydrogen) atoms. The Bertz CT molecular complexity index is 539. The molecule has 0 amide bonds. The molecule has 3 nitrogen and oxygen atoms in total. The fourth-order valence-electron chi connectivity index (χ4n) is 1.81. The summed E-state index contributed by atoms with van der Waals surface area (Å²) in [4.78, 5) is 0. The molecule has 80 valence electrons. The summed E-state index contributed by atoms with van der Waals surface area (Å²) in [6.45, 7) is 0. The van der Waals surface area contributed by atoms with E-state index in [-0.39, 0.29) is 0 Å². The summed E-state index contributed by atoms with van der Waals surface area (Å²) >= 11 is 0. The Morgan fingerprint density at radius 3 is 1.81 bits per heavy atom. The SMILES string of the molecule is O=P1(c2ccccc2)Nc2ccccc2N1. The van der Waals surface area contributed by atoms with Crippen molar-refractivity contribution < 1.29 is 4.57 Å². The quantitative estimate of drug-likeness (QED) is 0.740. The van der Waals surface area contributed by atoms with E-state index in [4.69, 9.17) is 0 Å². The van der Waals surface area contributed by atoms with Gasteiger partial charge in [0, 0.05) is 0 Å². The average molecular weight is 230 g/mol. The first-order chi connectivity index (χ1) is 7.78. The Balaban J connectivity index is 2.04. The molecule has 0 spiro atoms. The van der Waals surface area contributed by atoms with E-state index in [0.717, 1.165) is 16.7 Å². The van der Waals surface area contributed by atoms with Crippen LogP contribution in [0.25, 0.3) is 0 Å². The van der Waals surface area contributed by atoms with E-state index < -0.39 is 7.44 Å². The first-order valence-corrected chi connectivity index (χ1v) is 6.80. The van der Waals surface area contributed by atoms with Crippen LogP contribution in [0.4, 0.5) is 11.4 Å². The lowest BCUT2D eigenvalue weighted by Crippen LogP contribution is -2.12. The Labute approximate surface area is 94.0 Å². The standard InChI is InChI=1S/C12H11N2OP/c15-16(10-6-2-1-3-7-10)13-11-8-4-5-9-12(11)14-16/h1-9H,(H2,13,14,15). The number of rotatable bonds is 1. The molecular formula is C12H11N2OP. The van der Waals surface area contributed by atoms with E-state index >= 15 is 0 Å². The van der Waals surface area contributed by atoms with Gasteiger partial charge in [-0.15, -0.1) is 0 Å². The normalized spacial score (nSPS) is 16.0. The molecule has 3 rings (SSSR count). The van der Waals surface area contributed by atoms with Gasteiger partial charge in [0.05, 0.1) is 16.7 Å². The van der Waals surface area contributed by atoms with E-state index in [1.54, 1.807) is 0 Å². The van der Waals surface area contributed by atoms with Crippen molar-refractivity contribution in [1.82, 2.24) is 0 Å². The number of nitrogens with one attached hydrogen (secondary N) is 2. The van der Waals surface area contributed by atoms with Crippen molar-refractivity contribution in [3.63, 3.8) is 0 Å². The van der Waals surface area contributed by atoms with Crippen LogP contribution in [0.5, 0.6) is 0 Å². The monoisotopic (exact) mass is 230 g/mol. The van der Waals surface area contributed by atoms with Crippen LogP contribution < -0.4 is 15.5 Å². The van der Waals surface area contributed by atoms with Gasteiger partial charge < -0.3 is 10.2 Å². The van der Waals surface area contributed by atoms with Crippen LogP contribution in [-0.2, 0) is 4.57 Å². The van der Waals surface area contributed by atoms with E-state index in [2.05, 4.69) is 10.2 Å². The molecular weight excluding hydrogens is 219 g/mol. The van der Waals surface area contributed by atoms with Gasteiger partial charge in [-0.3, -0.25) is 4.57 Å². The van der Waals surface area contributed by atoms with Gasteiger partial charge in [0.2, 0.25) is 0 Å². The molecule has 0 unspecified atom stereocenters. The van der Waals surface area contributed by atoms with Gasteiger partial charge in [0.25, 0.3) is 7.44 Å². The van der Waals surface area contributed by atoms with Crippen LogP contribution in [0, 0.1) is 0 Å². The molecule has 2 aromatic rings. The first-order valence-electron chi connectivity index (χ1n) is 5.09. The topological polar surface area (TPSA) is 41.1 Å². The Morgan fingerprint density at radius 2 is 1.25 bits per heavy atom. The van der Waals surface area contributed by atoms with E-state index in [9.17, 15) is 4.57 Å². The fourth-order valence-corrected chi connectivity index (χ4v) is 3.79. The number of fused-ring (bicyclic) bond motifs is 1. The van der Waals surface area contributed by atoms with Crippen LogP contribution in [-0.4, -0.2) is 0 Å². The van der Waals surface area contributed by atoms with Crippen molar-refractivity contribution in [2.75, 3.05) is 10.2 Å². The van der Waals surface area contributed by atoms with Gasteiger partial charge in [0.15, 0.2) is 0 Å². The lowest BCUT2D eigenvalue weighted by molar-refractivity contribution is 0.588. The molecule has 0 atom stereocenters. The summed E-state index contributed by atoms with van der Waals surface area (Å²) in [6.07, 6.45) is 0. The van der Waals surface area contributed by atoms with E-state index in [1.807, 2.05) is 54.6 Å². The van der Waals surface area contributed by atoms with Gasteiger partial charge in [-0.25, -0.2) is 0 Å². The number of para-hydroxylation sites is 2. The summed E-state index contributed by atoms with van der Waals surface area (Å²) in [7, 11) is -2.70. The minimum Gasteiger partial charge on any atom is -0.315 e. The predicted molar refractivity (Wildman–Crippen MR) is 67.4 cm³/mol. The van der Waals surface area contributed by atoms with E-state index in [0.29, 0.717) is 0 Å². The maximum Gasteiger partial charge on any atom is 0.287 e. The second-order valence-corrected chi connectivity index (χ2v) is 5.90. The van der Waals surface area contributed by atoms with Crippen LogP contribution >= 0.6 is 7.44 Å². The largest absolute Gasteiger partial charge is 0.315 e. The van der Waals surface area contributed by atoms with Crippen molar-refractivity contribution in [2.24, 2.45) is 0 Å². The van der Waals surface area contributed by atoms with Gasteiger partial charge in [0.1, 0.15) is 0 Å². The maximum atomic E-state index is 12.6. The zero-order valence-corrected chi connectivity index (χ0v) is 9.45. The summed E-state index contributed by atoms with van der Waals surface area (Å²) < 4.78 is 12.6. The zero-order chi connectivity index (χ0) is 11.0. The average Bonchev–Trinajstić information content (AvgIpc) is 2.68. The number of anilines is 2. The molecule has 1 aliphatic rings. The van der Waals surface area contributed by atoms with Gasteiger partial charge in [-0.05, 0) is 24.3 Å². The molecule has 1 heterocycles. The van der Waals surface area contributed by atoms with Crippen LogP contribution in [0.3, 0.4) is 0 Å². The Kier molecular flexibility index (Phi) is 2.01. The highest BCUT2D eigenvalue weighted by molar-refractivity contribution is 7.74. The molecule has 0 saturated carbocycles. The zero-order valence-electron chi connectivity index (χ0n) is 8.55. The molecule has 0 aliphatic carbocycles. The molecule has 0 fully saturated rings. The fraction of sp³-hybridized carbons (Fsp3) is 0. The summed E-state index contributed by atoms with van der Waals surface area (Å²) in [5.74, 6) is 0. The number of benzene rings is 2. The van der Waals surface area contributed by atoms with Crippen LogP contribution in [0.1, 0.15) is 0 Å². The van der Waals surface area contributed by atoms with Crippen molar-refractivity contribution in [3.05, 3.63) is 54.6 Å². The lowest BCUT2D eigenvalue weighted by Gasteiger charge is -2.12. The molecule has 0 aromatic heterocycles. The maximum absolute atomic E-state index is 12.6. The van der Waals surface area contributed by atoms with Crippen molar-refractivity contribution >= 4 is 24.1 Å². The van der Waals surface area contributed by atoms with Crippen LogP contribution in [0.15, 0.2) is 54.6 Å². The van der Waals surface area contributed by atoms with E-state index in [1.165, 1.54) is 0 Å². The van der Waals surface area contributed by atoms with Crippen molar-refractivity contribution in [3.8, 4) is 0 Å². The van der Waals surface area contributed by atoms with Crippen molar-refractivity contribution in [2.45, 2.75) is 0 Å². The highest BCUT2D eigenvalue weighted by Gasteiger charge is 2.31. The molecule has 0 bridgehead atoms. The third kappa shape index (κ3) is 1.41. The first kappa shape index (κ1) is 9.49. The Hall–Kier alpha value is -1.73. The second-order valence-electron chi connectivity index (χ2n) is 3.71. The minimum absolute atomic E-state index is 0.797. The number of hydrogen-bond donors (Lipinski definition) is 2. The predicted octanol–water partition coefficient (Wildman–Crippen LogP) is 3.04. The van der Waals surface area contributed by atoms with Crippen LogP contribution in [0.2, 0.25) is 0 Å². The molecule has 1 aliphatic heterocycles. The minimum atomic E-state index is -2.70. The summed E-state index contributed by atoms with van der Waals surface area (Å²) in [6, 6.07) is 17.1. The molecule has 2 N–H and O–H groups in total. The second kappa shape index (κ2) is 3.39. The smallest absolute Gasteiger partial charge is 0.287 e. The molecule has 2 aromatic carbocycles. The molecule has 0 radical (unpaired) electrons. The summed E-state index contributed by atoms with van der Waals surface area (Å²) in [5.41, 5.74) is 1.80. The molecule has 4 heteroatoms.